The van der Waals surface area contributed by atoms with Crippen LogP contribution >= 0.6 is 11.6 Å². The molecule has 7 nitrogen and oxygen atoms in total. The highest BCUT2D eigenvalue weighted by molar-refractivity contribution is 8.00. The number of amides is 1. The number of nitrogens with zero attached hydrogens (tertiary/aromatic N) is 3. The van der Waals surface area contributed by atoms with Crippen LogP contribution in [-0.2, 0) is 26.3 Å². The van der Waals surface area contributed by atoms with Crippen molar-refractivity contribution < 1.29 is 17.8 Å². The van der Waals surface area contributed by atoms with Gasteiger partial charge in [-0.05, 0) is 48.5 Å². The van der Waals surface area contributed by atoms with E-state index >= 15 is 4.39 Å². The lowest BCUT2D eigenvalue weighted by atomic mass is 9.76. The summed E-state index contributed by atoms with van der Waals surface area (Å²) in [4.78, 5) is 14.9. The van der Waals surface area contributed by atoms with Crippen LogP contribution in [0, 0.1) is 5.82 Å². The fourth-order valence-corrected chi connectivity index (χ4v) is 6.94. The van der Waals surface area contributed by atoms with E-state index in [4.69, 9.17) is 21.8 Å². The number of nitrogens with two attached hydrogens (primary N) is 1. The standard InChI is InChI=1S/C26H28ClFN4O3S.C2H4/c1-26(10-4-3-5-11-26)25-31-30-23(35-25)18-12-21-22(13-19(18)28)36(2,34)15-20(29)24(33)32(21)14-16-6-8-17(27)9-7-16;1-2/h6-9,12-13,20H,2-5,10-11,14-15,29H2,1H3;1-2H2/t20-,36?;/m0./s1. The van der Waals surface area contributed by atoms with Gasteiger partial charge in [-0.25, -0.2) is 4.39 Å². The molecule has 5 rings (SSSR count). The summed E-state index contributed by atoms with van der Waals surface area (Å²) in [5.41, 5.74) is 6.95. The summed E-state index contributed by atoms with van der Waals surface area (Å²) in [6.07, 6.45) is 5.15. The second kappa shape index (κ2) is 11.0. The van der Waals surface area contributed by atoms with Gasteiger partial charge in [0.15, 0.2) is 0 Å². The fraction of sp³-hybridized carbons (Fsp3) is 0.357. The molecule has 1 unspecified atom stereocenters. The number of fused-ring (bicyclic) bond motifs is 1. The average molecular weight is 559 g/mol. The van der Waals surface area contributed by atoms with Gasteiger partial charge in [0.25, 0.3) is 5.89 Å². The maximum atomic E-state index is 15.4. The van der Waals surface area contributed by atoms with Gasteiger partial charge in [-0.3, -0.25) is 9.00 Å². The molecule has 0 radical (unpaired) electrons. The van der Waals surface area contributed by atoms with Crippen LogP contribution in [0.4, 0.5) is 10.1 Å². The van der Waals surface area contributed by atoms with Crippen LogP contribution in [0.2, 0.25) is 5.02 Å². The normalized spacial score (nSPS) is 22.7. The molecule has 0 spiro atoms. The summed E-state index contributed by atoms with van der Waals surface area (Å²) in [7, 11) is -3.05. The third-order valence-electron chi connectivity index (χ3n) is 7.15. The van der Waals surface area contributed by atoms with E-state index in [9.17, 15) is 9.00 Å². The van der Waals surface area contributed by atoms with Gasteiger partial charge >= 0.3 is 0 Å². The summed E-state index contributed by atoms with van der Waals surface area (Å²) in [5.74, 6) is 3.02. The molecule has 0 saturated heterocycles. The van der Waals surface area contributed by atoms with Crippen molar-refractivity contribution in [2.24, 2.45) is 5.73 Å². The Morgan fingerprint density at radius 1 is 1.18 bits per heavy atom. The molecule has 1 aliphatic carbocycles. The highest BCUT2D eigenvalue weighted by Gasteiger charge is 2.37. The van der Waals surface area contributed by atoms with Gasteiger partial charge in [-0.2, -0.15) is 0 Å². The molecule has 2 atom stereocenters. The van der Waals surface area contributed by atoms with Crippen molar-refractivity contribution in [1.29, 1.82) is 0 Å². The Bertz CT molecular complexity index is 1430. The Morgan fingerprint density at radius 3 is 2.50 bits per heavy atom. The lowest BCUT2D eigenvalue weighted by Gasteiger charge is -2.29. The number of halogens is 2. The Balaban J connectivity index is 0.00000164. The highest BCUT2D eigenvalue weighted by atomic mass is 35.5. The number of anilines is 1. The van der Waals surface area contributed by atoms with E-state index in [0.29, 0.717) is 10.9 Å². The topological polar surface area (TPSA) is 102 Å². The van der Waals surface area contributed by atoms with E-state index in [-0.39, 0.29) is 39.7 Å². The van der Waals surface area contributed by atoms with Crippen molar-refractivity contribution in [3.8, 4) is 11.5 Å². The number of rotatable bonds is 4. The predicted molar refractivity (Wildman–Crippen MR) is 150 cm³/mol. The zero-order valence-corrected chi connectivity index (χ0v) is 23.0. The van der Waals surface area contributed by atoms with Crippen molar-refractivity contribution in [3.63, 3.8) is 0 Å². The molecular weight excluding hydrogens is 527 g/mol. The molecule has 3 aromatic rings. The molecular formula is C28H32ClFN4O3S. The van der Waals surface area contributed by atoms with E-state index in [1.807, 2.05) is 0 Å². The minimum Gasteiger partial charge on any atom is -0.420 e. The Kier molecular flexibility index (Phi) is 8.11. The van der Waals surface area contributed by atoms with E-state index in [0.717, 1.165) is 37.3 Å². The van der Waals surface area contributed by atoms with Gasteiger partial charge in [-0.15, -0.1) is 23.4 Å². The van der Waals surface area contributed by atoms with Gasteiger partial charge in [0.05, 0.1) is 28.7 Å². The monoisotopic (exact) mass is 558 g/mol. The SMILES string of the molecule is C=C.C=S1(=O)C[C@H](N)C(=O)N(Cc2ccc(Cl)cc2)c2cc(-c3nnc(C4(C)CCCCC4)o3)c(F)cc21. The first-order chi connectivity index (χ1) is 18.1. The maximum Gasteiger partial charge on any atom is 0.250 e. The molecule has 1 amide bonds. The van der Waals surface area contributed by atoms with Crippen LogP contribution in [0.1, 0.15) is 50.5 Å². The van der Waals surface area contributed by atoms with Crippen molar-refractivity contribution in [2.45, 2.75) is 61.9 Å². The van der Waals surface area contributed by atoms with Crippen molar-refractivity contribution in [3.05, 3.63) is 71.9 Å². The number of benzene rings is 2. The number of hydrogen-bond donors (Lipinski definition) is 1. The second-order valence-electron chi connectivity index (χ2n) is 9.97. The molecule has 0 bridgehead atoms. The third kappa shape index (κ3) is 5.41. The first-order valence-corrected chi connectivity index (χ1v) is 14.7. The molecule has 1 aliphatic heterocycles. The van der Waals surface area contributed by atoms with E-state index < -0.39 is 27.3 Å². The van der Waals surface area contributed by atoms with E-state index in [1.54, 1.807) is 24.3 Å². The smallest absolute Gasteiger partial charge is 0.250 e. The molecule has 38 heavy (non-hydrogen) atoms. The van der Waals surface area contributed by atoms with Gasteiger partial charge < -0.3 is 15.1 Å². The van der Waals surface area contributed by atoms with Gasteiger partial charge in [-0.1, -0.05) is 49.9 Å². The van der Waals surface area contributed by atoms with Crippen molar-refractivity contribution in [2.75, 3.05) is 10.7 Å². The largest absolute Gasteiger partial charge is 0.420 e. The van der Waals surface area contributed by atoms with Crippen LogP contribution in [0.25, 0.3) is 11.5 Å². The lowest BCUT2D eigenvalue weighted by molar-refractivity contribution is -0.119. The Hall–Kier alpha value is -3.01. The maximum absolute atomic E-state index is 15.4. The minimum absolute atomic E-state index is 0.0140. The number of carbonyl (C=O) groups is 1. The summed E-state index contributed by atoms with van der Waals surface area (Å²) in [6.45, 7) is 8.22. The molecule has 2 aliphatic rings. The summed E-state index contributed by atoms with van der Waals surface area (Å²) in [6, 6.07) is 8.55. The van der Waals surface area contributed by atoms with Crippen LogP contribution in [-0.4, -0.2) is 38.0 Å². The summed E-state index contributed by atoms with van der Waals surface area (Å²) in [5, 5.41) is 8.95. The van der Waals surface area contributed by atoms with Crippen LogP contribution in [0.5, 0.6) is 0 Å². The number of hydrogen-bond acceptors (Lipinski definition) is 6. The molecule has 2 aromatic carbocycles. The second-order valence-corrected chi connectivity index (χ2v) is 12.8. The molecule has 1 fully saturated rings. The van der Waals surface area contributed by atoms with Crippen LogP contribution < -0.4 is 10.6 Å². The lowest BCUT2D eigenvalue weighted by Crippen LogP contribution is -2.45. The number of carbonyl (C=O) groups excluding carboxylic acids is 1. The molecule has 1 saturated carbocycles. The van der Waals surface area contributed by atoms with Gasteiger partial charge in [0.1, 0.15) is 5.82 Å². The van der Waals surface area contributed by atoms with Crippen LogP contribution in [0.15, 0.2) is 58.9 Å². The first kappa shape index (κ1) is 28.0. The molecule has 202 valence electrons. The third-order valence-corrected chi connectivity index (χ3v) is 9.43. The van der Waals surface area contributed by atoms with Crippen LogP contribution in [0.3, 0.4) is 0 Å². The van der Waals surface area contributed by atoms with Gasteiger partial charge in [0.2, 0.25) is 11.8 Å². The summed E-state index contributed by atoms with van der Waals surface area (Å²) >= 11 is 6.01. The fourth-order valence-electron chi connectivity index (χ4n) is 5.04. The quantitative estimate of drug-likeness (QED) is 0.335. The zero-order valence-electron chi connectivity index (χ0n) is 21.4. The Morgan fingerprint density at radius 2 is 1.84 bits per heavy atom. The van der Waals surface area contributed by atoms with E-state index in [2.05, 4.69) is 36.1 Å². The average Bonchev–Trinajstić information content (AvgIpc) is 3.38. The summed E-state index contributed by atoms with van der Waals surface area (Å²) < 4.78 is 34.9. The molecule has 2 N–H and O–H groups in total. The molecule has 10 heteroatoms. The van der Waals surface area contributed by atoms with Crippen molar-refractivity contribution in [1.82, 2.24) is 10.2 Å². The van der Waals surface area contributed by atoms with Gasteiger partial charge in [0, 0.05) is 25.7 Å². The minimum atomic E-state index is -3.05. The van der Waals surface area contributed by atoms with E-state index in [1.165, 1.54) is 17.4 Å². The first-order valence-electron chi connectivity index (χ1n) is 12.4. The number of aromatic nitrogens is 2. The van der Waals surface area contributed by atoms with Crippen molar-refractivity contribution >= 4 is 38.6 Å². The molecule has 1 aromatic heterocycles. The molecule has 2 heterocycles. The Labute approximate surface area is 227 Å². The highest BCUT2D eigenvalue weighted by Crippen LogP contribution is 2.41. The predicted octanol–water partition coefficient (Wildman–Crippen LogP) is 5.50. The zero-order chi connectivity index (χ0) is 27.7.